The molecular weight excluding hydrogens is 597 g/mol. The smallest absolute Gasteiger partial charge is 0.0806 e. The Hall–Kier alpha value is -6.52. The minimum absolute atomic E-state index is 0.930. The molecule has 3 heterocycles. The fourth-order valence-corrected chi connectivity index (χ4v) is 7.95. The van der Waals surface area contributed by atoms with Gasteiger partial charge in [0, 0.05) is 50.1 Å². The number of aromatic nitrogens is 3. The molecule has 9 aromatic rings. The number of hydrogen-bond acceptors (Lipinski definition) is 2. The SMILES string of the molecule is C=CN=C1c2cc(-n3c4ccccc4c4cc(-c5ccc6c(c5)c5ccccc5n6-c5ccccc5)ccc43)cnc2-c2cccc(C)c21. The molecule has 0 radical (unpaired) electrons. The molecule has 0 N–H and O–H groups in total. The third kappa shape index (κ3) is 3.98. The molecule has 4 heteroatoms. The molecule has 49 heavy (non-hydrogen) atoms. The highest BCUT2D eigenvalue weighted by atomic mass is 15.0. The van der Waals surface area contributed by atoms with Crippen LogP contribution in [-0.4, -0.2) is 19.8 Å². The maximum absolute atomic E-state index is 5.05. The summed E-state index contributed by atoms with van der Waals surface area (Å²) >= 11 is 0. The van der Waals surface area contributed by atoms with Gasteiger partial charge in [-0.25, -0.2) is 0 Å². The number of nitrogens with zero attached hydrogens (tertiary/aromatic N) is 4. The summed E-state index contributed by atoms with van der Waals surface area (Å²) in [6, 6.07) is 50.3. The number of fused-ring (bicyclic) bond motifs is 9. The lowest BCUT2D eigenvalue weighted by Crippen LogP contribution is -2.02. The van der Waals surface area contributed by atoms with Gasteiger partial charge in [0.05, 0.1) is 45.4 Å². The van der Waals surface area contributed by atoms with Crippen LogP contribution in [-0.2, 0) is 0 Å². The van der Waals surface area contributed by atoms with E-state index in [0.29, 0.717) is 0 Å². The first-order valence-electron chi connectivity index (χ1n) is 16.6. The van der Waals surface area contributed by atoms with E-state index >= 15 is 0 Å². The van der Waals surface area contributed by atoms with Crippen molar-refractivity contribution in [1.82, 2.24) is 14.1 Å². The van der Waals surface area contributed by atoms with Crippen LogP contribution in [0.15, 0.2) is 163 Å². The number of aryl methyl sites for hydroxylation is 1. The van der Waals surface area contributed by atoms with Gasteiger partial charge in [-0.3, -0.25) is 9.98 Å². The fraction of sp³-hybridized carbons (Fsp3) is 0.0222. The lowest BCUT2D eigenvalue weighted by Gasteiger charge is -2.10. The topological polar surface area (TPSA) is 35.1 Å². The zero-order valence-electron chi connectivity index (χ0n) is 26.9. The van der Waals surface area contributed by atoms with Gasteiger partial charge in [0.2, 0.25) is 0 Å². The summed E-state index contributed by atoms with van der Waals surface area (Å²) in [4.78, 5) is 9.80. The molecule has 0 saturated carbocycles. The summed E-state index contributed by atoms with van der Waals surface area (Å²) in [5.41, 5.74) is 15.6. The summed E-state index contributed by atoms with van der Waals surface area (Å²) < 4.78 is 4.70. The minimum atomic E-state index is 0.930. The Labute approximate surface area is 283 Å². The van der Waals surface area contributed by atoms with Crippen molar-refractivity contribution in [3.8, 4) is 33.8 Å². The van der Waals surface area contributed by atoms with Gasteiger partial charge in [-0.05, 0) is 78.2 Å². The molecular formula is C45H30N4. The molecule has 230 valence electrons. The van der Waals surface area contributed by atoms with Gasteiger partial charge in [-0.2, -0.15) is 0 Å². The van der Waals surface area contributed by atoms with Gasteiger partial charge in [-0.1, -0.05) is 91.5 Å². The van der Waals surface area contributed by atoms with Crippen LogP contribution in [0.25, 0.3) is 77.4 Å². The quantitative estimate of drug-likeness (QED) is 0.191. The summed E-state index contributed by atoms with van der Waals surface area (Å²) in [5, 5.41) is 4.92. The highest BCUT2D eigenvalue weighted by Crippen LogP contribution is 2.41. The van der Waals surface area contributed by atoms with E-state index in [0.717, 1.165) is 44.8 Å². The number of benzene rings is 6. The van der Waals surface area contributed by atoms with Gasteiger partial charge in [0.1, 0.15) is 0 Å². The third-order valence-corrected chi connectivity index (χ3v) is 10.1. The molecule has 3 aromatic heterocycles. The highest BCUT2D eigenvalue weighted by Gasteiger charge is 2.28. The number of pyridine rings is 1. The molecule has 0 aliphatic heterocycles. The molecule has 1 aliphatic carbocycles. The predicted molar refractivity (Wildman–Crippen MR) is 204 cm³/mol. The maximum atomic E-state index is 5.05. The van der Waals surface area contributed by atoms with E-state index in [2.05, 4.69) is 162 Å². The molecule has 0 fully saturated rings. The van der Waals surface area contributed by atoms with Crippen LogP contribution in [0.5, 0.6) is 0 Å². The van der Waals surface area contributed by atoms with Crippen LogP contribution in [0.1, 0.15) is 16.7 Å². The van der Waals surface area contributed by atoms with Crippen LogP contribution in [0, 0.1) is 6.92 Å². The Morgan fingerprint density at radius 2 is 1.14 bits per heavy atom. The zero-order valence-corrected chi connectivity index (χ0v) is 26.9. The monoisotopic (exact) mass is 626 g/mol. The van der Waals surface area contributed by atoms with E-state index in [9.17, 15) is 0 Å². The Morgan fingerprint density at radius 1 is 0.551 bits per heavy atom. The summed E-state index contributed by atoms with van der Waals surface area (Å²) in [5.74, 6) is 0. The highest BCUT2D eigenvalue weighted by molar-refractivity contribution is 6.25. The van der Waals surface area contributed by atoms with Crippen molar-refractivity contribution >= 4 is 49.3 Å². The van der Waals surface area contributed by atoms with E-state index in [1.807, 2.05) is 6.20 Å². The zero-order chi connectivity index (χ0) is 32.6. The first-order chi connectivity index (χ1) is 24.2. The van der Waals surface area contributed by atoms with Gasteiger partial charge in [0.15, 0.2) is 0 Å². The van der Waals surface area contributed by atoms with E-state index in [4.69, 9.17) is 9.98 Å². The van der Waals surface area contributed by atoms with Crippen molar-refractivity contribution in [3.63, 3.8) is 0 Å². The van der Waals surface area contributed by atoms with Crippen molar-refractivity contribution < 1.29 is 0 Å². The first kappa shape index (κ1) is 27.6. The number of hydrogen-bond donors (Lipinski definition) is 0. The van der Waals surface area contributed by atoms with Gasteiger partial charge in [-0.15, -0.1) is 0 Å². The minimum Gasteiger partial charge on any atom is -0.309 e. The molecule has 0 spiro atoms. The number of rotatable bonds is 4. The Kier molecular flexibility index (Phi) is 5.91. The molecule has 0 saturated heterocycles. The van der Waals surface area contributed by atoms with Gasteiger partial charge < -0.3 is 9.13 Å². The van der Waals surface area contributed by atoms with Gasteiger partial charge in [0.25, 0.3) is 0 Å². The summed E-state index contributed by atoms with van der Waals surface area (Å²) in [7, 11) is 0. The molecule has 0 unspecified atom stereocenters. The van der Waals surface area contributed by atoms with Crippen molar-refractivity contribution in [3.05, 3.63) is 175 Å². The van der Waals surface area contributed by atoms with E-state index in [1.54, 1.807) is 6.20 Å². The first-order valence-corrected chi connectivity index (χ1v) is 16.6. The predicted octanol–water partition coefficient (Wildman–Crippen LogP) is 11.2. The maximum Gasteiger partial charge on any atom is 0.0806 e. The second-order valence-corrected chi connectivity index (χ2v) is 12.8. The van der Waals surface area contributed by atoms with Crippen LogP contribution >= 0.6 is 0 Å². The van der Waals surface area contributed by atoms with E-state index in [1.165, 1.54) is 55.0 Å². The van der Waals surface area contributed by atoms with Gasteiger partial charge >= 0.3 is 0 Å². The fourth-order valence-electron chi connectivity index (χ4n) is 7.95. The summed E-state index contributed by atoms with van der Waals surface area (Å²) in [6.45, 7) is 6.05. The van der Waals surface area contributed by atoms with Crippen LogP contribution in [0.3, 0.4) is 0 Å². The molecule has 0 bridgehead atoms. The van der Waals surface area contributed by atoms with Crippen molar-refractivity contribution in [2.24, 2.45) is 4.99 Å². The molecule has 1 aliphatic rings. The number of para-hydroxylation sites is 3. The third-order valence-electron chi connectivity index (χ3n) is 10.1. The molecule has 0 atom stereocenters. The Morgan fingerprint density at radius 3 is 1.80 bits per heavy atom. The molecule has 0 amide bonds. The van der Waals surface area contributed by atoms with E-state index < -0.39 is 0 Å². The number of aliphatic imine (C=N–C) groups is 1. The lowest BCUT2D eigenvalue weighted by atomic mass is 10.0. The molecule has 10 rings (SSSR count). The average Bonchev–Trinajstić information content (AvgIpc) is 3.78. The second-order valence-electron chi connectivity index (χ2n) is 12.8. The molecule has 4 nitrogen and oxygen atoms in total. The van der Waals surface area contributed by atoms with Crippen molar-refractivity contribution in [2.75, 3.05) is 0 Å². The second kappa shape index (κ2) is 10.5. The standard InChI is InChI=1S/C45H30N4/c1-3-46-45-38-26-32(27-47-44(38)35-17-11-12-28(2)43(35)45)49-40-19-10-8-16-34(40)37-25-30(21-23-42(37)49)29-20-22-41-36(24-29)33-15-7-9-18-39(33)48(41)31-13-5-4-6-14-31/h3-27H,1H2,2H3. The van der Waals surface area contributed by atoms with Crippen LogP contribution < -0.4 is 0 Å². The Bertz CT molecular complexity index is 2850. The van der Waals surface area contributed by atoms with Crippen LogP contribution in [0.4, 0.5) is 0 Å². The Balaban J connectivity index is 1.15. The molecule has 6 aromatic carbocycles. The normalized spacial score (nSPS) is 13.1. The van der Waals surface area contributed by atoms with Crippen LogP contribution in [0.2, 0.25) is 0 Å². The average molecular weight is 627 g/mol. The largest absolute Gasteiger partial charge is 0.309 e. The van der Waals surface area contributed by atoms with E-state index in [-0.39, 0.29) is 0 Å². The van der Waals surface area contributed by atoms with Crippen molar-refractivity contribution in [2.45, 2.75) is 6.92 Å². The summed E-state index contributed by atoms with van der Waals surface area (Å²) in [6.07, 6.45) is 3.63. The lowest BCUT2D eigenvalue weighted by molar-refractivity contribution is 1.14. The van der Waals surface area contributed by atoms with Crippen molar-refractivity contribution in [1.29, 1.82) is 0 Å².